The van der Waals surface area contributed by atoms with Crippen LogP contribution in [0.1, 0.15) is 6.42 Å². The van der Waals surface area contributed by atoms with Gasteiger partial charge in [-0.15, -0.1) is 11.3 Å². The van der Waals surface area contributed by atoms with E-state index in [-0.39, 0.29) is 6.61 Å². The van der Waals surface area contributed by atoms with Gasteiger partial charge in [0.1, 0.15) is 18.0 Å². The fraction of sp³-hybridized carbons (Fsp3) is 0.273. The molecule has 0 fully saturated rings. The molecule has 0 aromatic carbocycles. The summed E-state index contributed by atoms with van der Waals surface area (Å²) in [4.78, 5) is 8.24. The maximum atomic E-state index is 8.69. The lowest BCUT2D eigenvalue weighted by atomic mass is 10.4. The minimum Gasteiger partial charge on any atom is -0.396 e. The zero-order valence-corrected chi connectivity index (χ0v) is 10.1. The van der Waals surface area contributed by atoms with Crippen LogP contribution in [0.25, 0.3) is 0 Å². The third-order valence-corrected chi connectivity index (χ3v) is 2.87. The van der Waals surface area contributed by atoms with Crippen LogP contribution in [0.5, 0.6) is 0 Å². The summed E-state index contributed by atoms with van der Waals surface area (Å²) in [6.45, 7) is 0.879. The maximum absolute atomic E-state index is 8.69. The zero-order chi connectivity index (χ0) is 11.9. The van der Waals surface area contributed by atoms with Crippen LogP contribution in [0, 0.1) is 0 Å². The molecule has 0 unspecified atom stereocenters. The van der Waals surface area contributed by atoms with Gasteiger partial charge in [0.25, 0.3) is 0 Å². The van der Waals surface area contributed by atoms with E-state index >= 15 is 0 Å². The lowest BCUT2D eigenvalue weighted by Crippen LogP contribution is -2.05. The number of anilines is 3. The van der Waals surface area contributed by atoms with Crippen molar-refractivity contribution in [1.29, 1.82) is 0 Å². The quantitative estimate of drug-likeness (QED) is 0.685. The highest BCUT2D eigenvalue weighted by Gasteiger charge is 1.99. The Morgan fingerprint density at radius 3 is 2.94 bits per heavy atom. The molecule has 5 nitrogen and oxygen atoms in total. The van der Waals surface area contributed by atoms with E-state index in [0.717, 1.165) is 16.6 Å². The molecule has 0 atom stereocenters. The SMILES string of the molecule is OCCCNc1cc(Nc2cccs2)ncn1. The minimum atomic E-state index is 0.179. The lowest BCUT2D eigenvalue weighted by Gasteiger charge is -2.06. The third-order valence-electron chi connectivity index (χ3n) is 2.08. The molecule has 6 heteroatoms. The van der Waals surface area contributed by atoms with Crippen molar-refractivity contribution in [3.8, 4) is 0 Å². The zero-order valence-electron chi connectivity index (χ0n) is 9.26. The van der Waals surface area contributed by atoms with Gasteiger partial charge in [0.15, 0.2) is 0 Å². The van der Waals surface area contributed by atoms with Crippen molar-refractivity contribution in [2.75, 3.05) is 23.8 Å². The Morgan fingerprint density at radius 2 is 2.18 bits per heavy atom. The Bertz CT molecular complexity index is 446. The van der Waals surface area contributed by atoms with E-state index in [1.807, 2.05) is 23.6 Å². The average Bonchev–Trinajstić information content (AvgIpc) is 2.83. The summed E-state index contributed by atoms with van der Waals surface area (Å²) >= 11 is 1.62. The van der Waals surface area contributed by atoms with Crippen molar-refractivity contribution in [2.45, 2.75) is 6.42 Å². The Morgan fingerprint density at radius 1 is 1.29 bits per heavy atom. The summed E-state index contributed by atoms with van der Waals surface area (Å²) < 4.78 is 0. The number of thiophene rings is 1. The molecule has 0 radical (unpaired) electrons. The monoisotopic (exact) mass is 250 g/mol. The molecule has 0 saturated heterocycles. The first-order chi connectivity index (χ1) is 8.38. The number of aliphatic hydroxyl groups excluding tert-OH is 1. The highest BCUT2D eigenvalue weighted by atomic mass is 32.1. The molecule has 0 bridgehead atoms. The Labute approximate surface area is 104 Å². The van der Waals surface area contributed by atoms with Crippen LogP contribution in [0.2, 0.25) is 0 Å². The van der Waals surface area contributed by atoms with Gasteiger partial charge in [-0.25, -0.2) is 9.97 Å². The molecule has 0 spiro atoms. The summed E-state index contributed by atoms with van der Waals surface area (Å²) in [6, 6.07) is 5.82. The van der Waals surface area contributed by atoms with E-state index < -0.39 is 0 Å². The van der Waals surface area contributed by atoms with Crippen LogP contribution in [-0.2, 0) is 0 Å². The van der Waals surface area contributed by atoms with Gasteiger partial charge in [-0.3, -0.25) is 0 Å². The van der Waals surface area contributed by atoms with Gasteiger partial charge in [-0.2, -0.15) is 0 Å². The fourth-order valence-corrected chi connectivity index (χ4v) is 1.92. The second kappa shape index (κ2) is 6.17. The number of nitrogens with one attached hydrogen (secondary N) is 2. The Kier molecular flexibility index (Phi) is 4.29. The summed E-state index contributed by atoms with van der Waals surface area (Å²) in [6.07, 6.45) is 2.22. The van der Waals surface area contributed by atoms with Gasteiger partial charge in [0.2, 0.25) is 0 Å². The summed E-state index contributed by atoms with van der Waals surface area (Å²) in [5.41, 5.74) is 0. The van der Waals surface area contributed by atoms with E-state index in [0.29, 0.717) is 13.0 Å². The van der Waals surface area contributed by atoms with Gasteiger partial charge in [-0.05, 0) is 23.9 Å². The van der Waals surface area contributed by atoms with Crippen molar-refractivity contribution in [3.63, 3.8) is 0 Å². The fourth-order valence-electron chi connectivity index (χ4n) is 1.29. The van der Waals surface area contributed by atoms with Crippen LogP contribution in [0.15, 0.2) is 29.9 Å². The van der Waals surface area contributed by atoms with Crippen LogP contribution in [0.3, 0.4) is 0 Å². The molecule has 17 heavy (non-hydrogen) atoms. The van der Waals surface area contributed by atoms with Crippen molar-refractivity contribution < 1.29 is 5.11 Å². The maximum Gasteiger partial charge on any atom is 0.136 e. The normalized spacial score (nSPS) is 10.2. The van der Waals surface area contributed by atoms with Gasteiger partial charge < -0.3 is 15.7 Å². The first-order valence-electron chi connectivity index (χ1n) is 5.36. The highest BCUT2D eigenvalue weighted by molar-refractivity contribution is 7.14. The van der Waals surface area contributed by atoms with Crippen LogP contribution in [-0.4, -0.2) is 28.2 Å². The summed E-state index contributed by atoms with van der Waals surface area (Å²) in [5, 5.41) is 18.0. The van der Waals surface area contributed by atoms with Crippen molar-refractivity contribution in [3.05, 3.63) is 29.9 Å². The predicted molar refractivity (Wildman–Crippen MR) is 69.8 cm³/mol. The van der Waals surface area contributed by atoms with E-state index in [2.05, 4.69) is 20.6 Å². The molecule has 0 aliphatic heterocycles. The van der Waals surface area contributed by atoms with Gasteiger partial charge >= 0.3 is 0 Å². The number of rotatable bonds is 6. The number of aromatic nitrogens is 2. The smallest absolute Gasteiger partial charge is 0.136 e. The molecule has 0 amide bonds. The number of hydrogen-bond acceptors (Lipinski definition) is 6. The Hall–Kier alpha value is -1.66. The van der Waals surface area contributed by atoms with E-state index in [1.54, 1.807) is 11.3 Å². The van der Waals surface area contributed by atoms with Crippen molar-refractivity contribution in [1.82, 2.24) is 9.97 Å². The van der Waals surface area contributed by atoms with Crippen LogP contribution < -0.4 is 10.6 Å². The molecule has 2 aromatic heterocycles. The van der Waals surface area contributed by atoms with Crippen molar-refractivity contribution >= 4 is 28.0 Å². The van der Waals surface area contributed by atoms with Gasteiger partial charge in [0, 0.05) is 19.2 Å². The lowest BCUT2D eigenvalue weighted by molar-refractivity contribution is 0.292. The first-order valence-corrected chi connectivity index (χ1v) is 6.24. The number of hydrogen-bond donors (Lipinski definition) is 3. The van der Waals surface area contributed by atoms with E-state index in [4.69, 9.17) is 5.11 Å². The summed E-state index contributed by atoms with van der Waals surface area (Å²) in [7, 11) is 0. The van der Waals surface area contributed by atoms with Gasteiger partial charge in [-0.1, -0.05) is 0 Å². The van der Waals surface area contributed by atoms with Gasteiger partial charge in [0.05, 0.1) is 5.00 Å². The van der Waals surface area contributed by atoms with Crippen LogP contribution in [0.4, 0.5) is 16.6 Å². The topological polar surface area (TPSA) is 70.1 Å². The molecular formula is C11H14N4OS. The van der Waals surface area contributed by atoms with E-state index in [9.17, 15) is 0 Å². The third kappa shape index (κ3) is 3.69. The largest absolute Gasteiger partial charge is 0.396 e. The second-order valence-electron chi connectivity index (χ2n) is 3.39. The first kappa shape index (κ1) is 11.8. The van der Waals surface area contributed by atoms with Crippen LogP contribution >= 0.6 is 11.3 Å². The molecule has 2 aromatic rings. The van der Waals surface area contributed by atoms with E-state index in [1.165, 1.54) is 6.33 Å². The standard InChI is InChI=1S/C11H14N4OS/c16-5-2-4-12-9-7-10(14-8-13-9)15-11-3-1-6-17-11/h1,3,6-8,16H,2,4-5H2,(H2,12,13,14,15). The number of nitrogens with zero attached hydrogens (tertiary/aromatic N) is 2. The van der Waals surface area contributed by atoms with Crippen molar-refractivity contribution in [2.24, 2.45) is 0 Å². The molecular weight excluding hydrogens is 236 g/mol. The minimum absolute atomic E-state index is 0.179. The average molecular weight is 250 g/mol. The molecule has 0 saturated carbocycles. The molecule has 0 aliphatic rings. The molecule has 3 N–H and O–H groups in total. The second-order valence-corrected chi connectivity index (χ2v) is 4.34. The summed E-state index contributed by atoms with van der Waals surface area (Å²) in [5.74, 6) is 1.52. The molecule has 90 valence electrons. The predicted octanol–water partition coefficient (Wildman–Crippen LogP) is 2.08. The molecule has 0 aliphatic carbocycles. The molecule has 2 rings (SSSR count). The number of aliphatic hydroxyl groups is 1. The highest BCUT2D eigenvalue weighted by Crippen LogP contribution is 2.20. The molecule has 2 heterocycles. The Balaban J connectivity index is 1.96.